The molecule has 0 saturated carbocycles. The van der Waals surface area contributed by atoms with Crippen molar-refractivity contribution in [2.45, 2.75) is 0 Å². The first-order chi connectivity index (χ1) is 3.66. The van der Waals surface area contributed by atoms with Crippen LogP contribution in [0.1, 0.15) is 0 Å². The first-order valence-corrected chi connectivity index (χ1v) is 2.56. The molecule has 0 fully saturated rings. The maximum atomic E-state index is 9.81. The van der Waals surface area contributed by atoms with Crippen LogP contribution in [0.4, 0.5) is 4.79 Å². The number of rotatable bonds is 0. The molecule has 5 heteroatoms. The van der Waals surface area contributed by atoms with E-state index in [1.807, 2.05) is 0 Å². The second-order valence-electron chi connectivity index (χ2n) is 0.739. The van der Waals surface area contributed by atoms with Gasteiger partial charge in [0.1, 0.15) is 0 Å². The number of hydrogen-bond donors (Lipinski definition) is 0. The lowest BCUT2D eigenvalue weighted by Gasteiger charge is -1.83. The van der Waals surface area contributed by atoms with Gasteiger partial charge in [0.2, 0.25) is 0 Å². The number of esters is 1. The van der Waals surface area contributed by atoms with Crippen LogP contribution in [0.25, 0.3) is 0 Å². The molecule has 0 N–H and O–H groups in total. The Morgan fingerprint density at radius 2 is 2.12 bits per heavy atom. The third kappa shape index (κ3) is 3.55. The van der Waals surface area contributed by atoms with Gasteiger partial charge in [-0.2, -0.15) is 5.26 Å². The summed E-state index contributed by atoms with van der Waals surface area (Å²) in [4.78, 5) is 19.6. The molecule has 0 saturated heterocycles. The largest absolute Gasteiger partial charge is 0.419 e. The van der Waals surface area contributed by atoms with E-state index in [-0.39, 0.29) is 0 Å². The van der Waals surface area contributed by atoms with E-state index in [4.69, 9.17) is 5.26 Å². The van der Waals surface area contributed by atoms with Gasteiger partial charge >= 0.3 is 9.95 Å². The first-order valence-electron chi connectivity index (χ1n) is 1.48. The van der Waals surface area contributed by atoms with Gasteiger partial charge in [0.25, 0.3) is 0 Å². The van der Waals surface area contributed by atoms with Crippen LogP contribution < -0.4 is 0 Å². The second kappa shape index (κ2) is 3.37. The van der Waals surface area contributed by atoms with Crippen molar-refractivity contribution >= 4 is 32.5 Å². The minimum Gasteiger partial charge on any atom is -0.374 e. The molecule has 42 valence electrons. The van der Waals surface area contributed by atoms with Gasteiger partial charge in [-0.15, -0.1) is 0 Å². The van der Waals surface area contributed by atoms with Gasteiger partial charge in [-0.05, 0) is 0 Å². The van der Waals surface area contributed by atoms with E-state index >= 15 is 0 Å². The quantitative estimate of drug-likeness (QED) is 0.199. The molecule has 4 nitrogen and oxygen atoms in total. The predicted molar refractivity (Wildman–Crippen MR) is 31.1 cm³/mol. The normalized spacial score (nSPS) is 7.00. The van der Waals surface area contributed by atoms with Crippen molar-refractivity contribution in [3.63, 3.8) is 0 Å². The zero-order valence-electron chi connectivity index (χ0n) is 3.55. The third-order valence-corrected chi connectivity index (χ3v) is 0.484. The van der Waals surface area contributed by atoms with E-state index in [0.29, 0.717) is 0 Å². The molecule has 0 rings (SSSR count). The molecule has 0 aromatic rings. The van der Waals surface area contributed by atoms with Crippen molar-refractivity contribution < 1.29 is 14.3 Å². The van der Waals surface area contributed by atoms with Crippen LogP contribution in [-0.2, 0) is 9.53 Å². The molecule has 0 aromatic heterocycles. The first kappa shape index (κ1) is 7.36. The lowest BCUT2D eigenvalue weighted by molar-refractivity contribution is -0.129. The van der Waals surface area contributed by atoms with Crippen molar-refractivity contribution in [2.75, 3.05) is 0 Å². The topological polar surface area (TPSA) is 67.2 Å². The Kier molecular flexibility index (Phi) is 3.10. The van der Waals surface area contributed by atoms with Crippen LogP contribution in [0, 0.1) is 11.3 Å². The fourth-order valence-electron chi connectivity index (χ4n) is 0.0957. The number of nitrogens with zero attached hydrogens (tertiary/aromatic N) is 1. The lowest BCUT2D eigenvalue weighted by atomic mass is 10.8. The molecule has 0 radical (unpaired) electrons. The minimum absolute atomic E-state index is 0.797. The third-order valence-electron chi connectivity index (χ3n) is 0.264. The van der Waals surface area contributed by atoms with Gasteiger partial charge in [-0.3, -0.25) is 0 Å². The smallest absolute Gasteiger partial charge is 0.374 e. The molecule has 0 aliphatic rings. The van der Waals surface area contributed by atoms with E-state index in [9.17, 15) is 9.59 Å². The molecule has 0 aliphatic carbocycles. The summed E-state index contributed by atoms with van der Waals surface area (Å²) in [7, 11) is 0. The highest BCUT2D eigenvalue weighted by Crippen LogP contribution is 1.90. The monoisotopic (exact) mass is 225 g/mol. The summed E-state index contributed by atoms with van der Waals surface area (Å²) >= 11 is 1.25. The number of nitriles is 1. The van der Waals surface area contributed by atoms with Gasteiger partial charge < -0.3 is 4.74 Å². The van der Waals surface area contributed by atoms with Gasteiger partial charge in [0.05, 0.1) is 22.6 Å². The summed E-state index contributed by atoms with van der Waals surface area (Å²) < 4.78 is 2.95. The van der Waals surface area contributed by atoms with E-state index in [0.717, 1.165) is 6.07 Å². The average molecular weight is 225 g/mol. The Hall–Kier alpha value is -0.640. The molecule has 0 bridgehead atoms. The van der Waals surface area contributed by atoms with E-state index in [1.165, 1.54) is 22.6 Å². The number of hydrogen-bond acceptors (Lipinski definition) is 4. The molecule has 0 spiro atoms. The Labute approximate surface area is 58.6 Å². The molecule has 0 aromatic carbocycles. The van der Waals surface area contributed by atoms with Crippen LogP contribution in [0.5, 0.6) is 0 Å². The summed E-state index contributed by atoms with van der Waals surface area (Å²) in [6, 6.07) is 1.11. The van der Waals surface area contributed by atoms with E-state index in [2.05, 4.69) is 4.74 Å². The van der Waals surface area contributed by atoms with Crippen molar-refractivity contribution in [3.8, 4) is 6.07 Å². The van der Waals surface area contributed by atoms with Gasteiger partial charge in [-0.25, -0.2) is 9.59 Å². The molecule has 0 unspecified atom stereocenters. The van der Waals surface area contributed by atoms with Gasteiger partial charge in [0, 0.05) is 0 Å². The molecular formula is C3INO3. The average Bonchev–Trinajstić information content (AvgIpc) is 1.65. The van der Waals surface area contributed by atoms with Crippen molar-refractivity contribution in [1.29, 1.82) is 5.26 Å². The van der Waals surface area contributed by atoms with Gasteiger partial charge in [-0.1, -0.05) is 0 Å². The minimum atomic E-state index is -1.18. The van der Waals surface area contributed by atoms with Crippen molar-refractivity contribution in [1.82, 2.24) is 0 Å². The summed E-state index contributed by atoms with van der Waals surface area (Å²) in [5.74, 6) is -1.18. The highest BCUT2D eigenvalue weighted by atomic mass is 127. The molecular weight excluding hydrogens is 225 g/mol. The number of halogens is 1. The second-order valence-corrected chi connectivity index (χ2v) is 1.62. The van der Waals surface area contributed by atoms with Crippen molar-refractivity contribution in [2.24, 2.45) is 0 Å². The zero-order valence-corrected chi connectivity index (χ0v) is 5.71. The van der Waals surface area contributed by atoms with Crippen LogP contribution >= 0.6 is 22.6 Å². The lowest BCUT2D eigenvalue weighted by Crippen LogP contribution is -2.01. The van der Waals surface area contributed by atoms with Crippen LogP contribution in [0.2, 0.25) is 0 Å². The number of carbonyl (C=O) groups excluding carboxylic acids is 2. The Bertz CT molecular complexity index is 158. The zero-order chi connectivity index (χ0) is 6.57. The summed E-state index contributed by atoms with van der Waals surface area (Å²) in [5, 5.41) is 7.70. The number of carbonyl (C=O) groups is 2. The standard InChI is InChI=1S/C3INO3/c4-3(7)8-2(6)1-5. The van der Waals surface area contributed by atoms with Crippen LogP contribution in [0.3, 0.4) is 0 Å². The SMILES string of the molecule is N#CC(=O)OC(=O)I. The van der Waals surface area contributed by atoms with E-state index in [1.54, 1.807) is 0 Å². The molecule has 0 atom stereocenters. The summed E-state index contributed by atoms with van der Waals surface area (Å²) in [6.07, 6.45) is 0. The van der Waals surface area contributed by atoms with Crippen LogP contribution in [0.15, 0.2) is 0 Å². The highest BCUT2D eigenvalue weighted by molar-refractivity contribution is 14.1. The van der Waals surface area contributed by atoms with Crippen LogP contribution in [-0.4, -0.2) is 9.95 Å². The molecule has 8 heavy (non-hydrogen) atoms. The fourth-order valence-corrected chi connectivity index (χ4v) is 0.296. The Balaban J connectivity index is 3.61. The molecule has 0 aliphatic heterocycles. The fraction of sp³-hybridized carbons (Fsp3) is 0. The Morgan fingerprint density at radius 1 is 1.62 bits per heavy atom. The number of ether oxygens (including phenoxy) is 1. The maximum absolute atomic E-state index is 9.81. The van der Waals surface area contributed by atoms with E-state index < -0.39 is 9.95 Å². The predicted octanol–water partition coefficient (Wildman–Crippen LogP) is 0.608. The van der Waals surface area contributed by atoms with Crippen molar-refractivity contribution in [3.05, 3.63) is 0 Å². The summed E-state index contributed by atoms with van der Waals surface area (Å²) in [6.45, 7) is 0. The summed E-state index contributed by atoms with van der Waals surface area (Å²) in [5.41, 5.74) is 0. The molecule has 0 amide bonds. The highest BCUT2D eigenvalue weighted by Gasteiger charge is 2.02. The van der Waals surface area contributed by atoms with Gasteiger partial charge in [0.15, 0.2) is 6.07 Å². The maximum Gasteiger partial charge on any atom is 0.419 e. The molecule has 0 heterocycles. The Morgan fingerprint density at radius 3 is 2.25 bits per heavy atom.